The average Bonchev–Trinajstić information content (AvgIpc) is 2.71. The van der Waals surface area contributed by atoms with E-state index in [1.807, 2.05) is 13.8 Å². The molecule has 100 valence electrons. The summed E-state index contributed by atoms with van der Waals surface area (Å²) in [4.78, 5) is 11.8. The predicted octanol–water partition coefficient (Wildman–Crippen LogP) is 1.58. The summed E-state index contributed by atoms with van der Waals surface area (Å²) in [6, 6.07) is 0.00645. The molecular formula is C12H20N4O2. The van der Waals surface area contributed by atoms with E-state index in [2.05, 4.69) is 20.8 Å². The lowest BCUT2D eigenvalue weighted by Gasteiger charge is -2.23. The van der Waals surface area contributed by atoms with Crippen LogP contribution >= 0.6 is 0 Å². The molecule has 0 radical (unpaired) electrons. The van der Waals surface area contributed by atoms with Gasteiger partial charge in [0.05, 0.1) is 0 Å². The number of hydrogen-bond acceptors (Lipinski definition) is 3. The van der Waals surface area contributed by atoms with Gasteiger partial charge in [0.15, 0.2) is 5.82 Å². The van der Waals surface area contributed by atoms with Crippen molar-refractivity contribution in [1.82, 2.24) is 15.5 Å². The molecule has 1 aromatic heterocycles. The Morgan fingerprint density at radius 1 is 1.50 bits per heavy atom. The standard InChI is InChI=1S/C12H20N4O2/c1-3-10-8(2)15-16-11(10)14-12(17)13-9-4-6-18-7-5-9/h9H,3-7H2,1-2H3,(H3,13,14,15,16,17). The van der Waals surface area contributed by atoms with E-state index in [-0.39, 0.29) is 12.1 Å². The number of amides is 2. The van der Waals surface area contributed by atoms with Crippen molar-refractivity contribution in [2.45, 2.75) is 39.2 Å². The zero-order chi connectivity index (χ0) is 13.0. The normalized spacial score (nSPS) is 16.6. The number of aryl methyl sites for hydroxylation is 1. The van der Waals surface area contributed by atoms with Crippen molar-refractivity contribution >= 4 is 11.8 Å². The molecule has 1 aromatic rings. The van der Waals surface area contributed by atoms with Crippen molar-refractivity contribution < 1.29 is 9.53 Å². The van der Waals surface area contributed by atoms with Crippen molar-refractivity contribution in [3.8, 4) is 0 Å². The van der Waals surface area contributed by atoms with Gasteiger partial charge >= 0.3 is 6.03 Å². The molecule has 0 saturated carbocycles. The van der Waals surface area contributed by atoms with Crippen LogP contribution in [0.15, 0.2) is 0 Å². The lowest BCUT2D eigenvalue weighted by Crippen LogP contribution is -2.41. The first-order valence-corrected chi connectivity index (χ1v) is 6.39. The van der Waals surface area contributed by atoms with Crippen LogP contribution in [0.5, 0.6) is 0 Å². The molecule has 0 spiro atoms. The zero-order valence-electron chi connectivity index (χ0n) is 10.9. The van der Waals surface area contributed by atoms with Gasteiger partial charge in [-0.05, 0) is 26.2 Å². The molecule has 6 nitrogen and oxygen atoms in total. The van der Waals surface area contributed by atoms with Crippen LogP contribution in [0.25, 0.3) is 0 Å². The fraction of sp³-hybridized carbons (Fsp3) is 0.667. The lowest BCUT2D eigenvalue weighted by molar-refractivity contribution is 0.0806. The summed E-state index contributed by atoms with van der Waals surface area (Å²) in [5.74, 6) is 0.625. The van der Waals surface area contributed by atoms with Crippen LogP contribution in [-0.4, -0.2) is 35.5 Å². The number of nitrogens with zero attached hydrogens (tertiary/aromatic N) is 1. The molecule has 1 aliphatic rings. The van der Waals surface area contributed by atoms with Gasteiger partial charge in [-0.1, -0.05) is 6.92 Å². The van der Waals surface area contributed by atoms with Crippen molar-refractivity contribution in [3.05, 3.63) is 11.3 Å². The summed E-state index contributed by atoms with van der Waals surface area (Å²) < 4.78 is 5.25. The maximum atomic E-state index is 11.8. The van der Waals surface area contributed by atoms with Crippen LogP contribution in [-0.2, 0) is 11.2 Å². The molecule has 6 heteroatoms. The Hall–Kier alpha value is -1.56. The third-order valence-electron chi connectivity index (χ3n) is 3.22. The molecule has 2 rings (SSSR count). The van der Waals surface area contributed by atoms with E-state index in [9.17, 15) is 4.79 Å². The summed E-state index contributed by atoms with van der Waals surface area (Å²) >= 11 is 0. The molecule has 1 fully saturated rings. The number of aromatic amines is 1. The SMILES string of the molecule is CCc1c(NC(=O)NC2CCOCC2)n[nH]c1C. The fourth-order valence-electron chi connectivity index (χ4n) is 2.16. The van der Waals surface area contributed by atoms with E-state index in [4.69, 9.17) is 4.74 Å². The van der Waals surface area contributed by atoms with Crippen LogP contribution in [0, 0.1) is 6.92 Å². The highest BCUT2D eigenvalue weighted by atomic mass is 16.5. The number of nitrogens with one attached hydrogen (secondary N) is 3. The van der Waals surface area contributed by atoms with E-state index >= 15 is 0 Å². The van der Waals surface area contributed by atoms with Gasteiger partial charge in [0.1, 0.15) is 0 Å². The number of H-pyrrole nitrogens is 1. The van der Waals surface area contributed by atoms with Crippen LogP contribution in [0.2, 0.25) is 0 Å². The highest BCUT2D eigenvalue weighted by Gasteiger charge is 2.17. The third-order valence-corrected chi connectivity index (χ3v) is 3.22. The molecule has 0 aliphatic carbocycles. The number of carbonyl (C=O) groups is 1. The van der Waals surface area contributed by atoms with Crippen molar-refractivity contribution in [1.29, 1.82) is 0 Å². The molecule has 0 bridgehead atoms. The van der Waals surface area contributed by atoms with Gasteiger partial charge in [0.2, 0.25) is 0 Å². The van der Waals surface area contributed by atoms with Crippen LogP contribution < -0.4 is 10.6 Å². The number of anilines is 1. The Bertz CT molecular complexity index is 410. The molecule has 1 aliphatic heterocycles. The van der Waals surface area contributed by atoms with Crippen LogP contribution in [0.4, 0.5) is 10.6 Å². The summed E-state index contributed by atoms with van der Waals surface area (Å²) in [7, 11) is 0. The molecule has 18 heavy (non-hydrogen) atoms. The van der Waals surface area contributed by atoms with E-state index in [0.717, 1.165) is 30.5 Å². The summed E-state index contributed by atoms with van der Waals surface area (Å²) in [5, 5.41) is 12.7. The van der Waals surface area contributed by atoms with Crippen molar-refractivity contribution in [2.75, 3.05) is 18.5 Å². The quantitative estimate of drug-likeness (QED) is 0.764. The van der Waals surface area contributed by atoms with Gasteiger partial charge in [-0.2, -0.15) is 5.10 Å². The molecule has 0 atom stereocenters. The van der Waals surface area contributed by atoms with Gasteiger partial charge in [-0.25, -0.2) is 4.79 Å². The number of urea groups is 1. The Labute approximate surface area is 106 Å². The second-order valence-electron chi connectivity index (χ2n) is 4.51. The number of aromatic nitrogens is 2. The average molecular weight is 252 g/mol. The van der Waals surface area contributed by atoms with E-state index in [0.29, 0.717) is 19.0 Å². The van der Waals surface area contributed by atoms with Gasteiger partial charge in [0, 0.05) is 30.5 Å². The van der Waals surface area contributed by atoms with E-state index < -0.39 is 0 Å². The van der Waals surface area contributed by atoms with Gasteiger partial charge in [-0.15, -0.1) is 0 Å². The molecule has 2 amide bonds. The van der Waals surface area contributed by atoms with Gasteiger partial charge in [-0.3, -0.25) is 10.4 Å². The molecule has 2 heterocycles. The van der Waals surface area contributed by atoms with Crippen molar-refractivity contribution in [2.24, 2.45) is 0 Å². The summed E-state index contributed by atoms with van der Waals surface area (Å²) in [5.41, 5.74) is 2.05. The van der Waals surface area contributed by atoms with Gasteiger partial charge < -0.3 is 10.1 Å². The minimum Gasteiger partial charge on any atom is -0.381 e. The summed E-state index contributed by atoms with van der Waals surface area (Å²) in [6.07, 6.45) is 2.58. The Morgan fingerprint density at radius 2 is 2.22 bits per heavy atom. The van der Waals surface area contributed by atoms with Crippen molar-refractivity contribution in [3.63, 3.8) is 0 Å². The fourth-order valence-corrected chi connectivity index (χ4v) is 2.16. The molecular weight excluding hydrogens is 232 g/mol. The Morgan fingerprint density at radius 3 is 2.89 bits per heavy atom. The molecule has 3 N–H and O–H groups in total. The minimum atomic E-state index is -0.192. The lowest BCUT2D eigenvalue weighted by atomic mass is 10.1. The minimum absolute atomic E-state index is 0.192. The van der Waals surface area contributed by atoms with E-state index in [1.165, 1.54) is 0 Å². The Balaban J connectivity index is 1.90. The number of ether oxygens (including phenoxy) is 1. The van der Waals surface area contributed by atoms with E-state index in [1.54, 1.807) is 0 Å². The second-order valence-corrected chi connectivity index (χ2v) is 4.51. The number of carbonyl (C=O) groups excluding carboxylic acids is 1. The number of rotatable bonds is 3. The van der Waals surface area contributed by atoms with Gasteiger partial charge in [0.25, 0.3) is 0 Å². The first kappa shape index (κ1) is 12.9. The van der Waals surface area contributed by atoms with Crippen LogP contribution in [0.1, 0.15) is 31.0 Å². The monoisotopic (exact) mass is 252 g/mol. The predicted molar refractivity (Wildman–Crippen MR) is 68.7 cm³/mol. The summed E-state index contributed by atoms with van der Waals surface area (Å²) in [6.45, 7) is 5.42. The van der Waals surface area contributed by atoms with Crippen LogP contribution in [0.3, 0.4) is 0 Å². The number of hydrogen-bond donors (Lipinski definition) is 3. The largest absolute Gasteiger partial charge is 0.381 e. The first-order chi connectivity index (χ1) is 8.70. The molecule has 0 unspecified atom stereocenters. The highest BCUT2D eigenvalue weighted by molar-refractivity contribution is 5.89. The Kier molecular flexibility index (Phi) is 4.19. The smallest absolute Gasteiger partial charge is 0.320 e. The maximum Gasteiger partial charge on any atom is 0.320 e. The third kappa shape index (κ3) is 3.01. The zero-order valence-corrected chi connectivity index (χ0v) is 10.9. The highest BCUT2D eigenvalue weighted by Crippen LogP contribution is 2.16. The maximum absolute atomic E-state index is 11.8. The topological polar surface area (TPSA) is 79.0 Å². The molecule has 1 saturated heterocycles. The second kappa shape index (κ2) is 5.86. The first-order valence-electron chi connectivity index (χ1n) is 6.39. The molecule has 0 aromatic carbocycles.